The molecule has 158 valence electrons. The number of amidine groups is 1. The Bertz CT molecular complexity index is 977. The van der Waals surface area contributed by atoms with E-state index in [4.69, 9.17) is 9.73 Å². The minimum atomic E-state index is -0.244. The average Bonchev–Trinajstić information content (AvgIpc) is 3.01. The van der Waals surface area contributed by atoms with Crippen LogP contribution in [-0.2, 0) is 0 Å². The van der Waals surface area contributed by atoms with E-state index in [0.717, 1.165) is 60.2 Å². The van der Waals surface area contributed by atoms with Gasteiger partial charge >= 0.3 is 6.03 Å². The van der Waals surface area contributed by atoms with E-state index in [0.29, 0.717) is 6.54 Å². The summed E-state index contributed by atoms with van der Waals surface area (Å²) in [5, 5.41) is 3.08. The number of fused-ring (bicyclic) bond motifs is 2. The second kappa shape index (κ2) is 8.01. The average molecular weight is 407 g/mol. The topological polar surface area (TPSA) is 57.2 Å². The highest BCUT2D eigenvalue weighted by Crippen LogP contribution is 2.38. The third-order valence-electron chi connectivity index (χ3n) is 5.25. The third-order valence-corrected chi connectivity index (χ3v) is 5.25. The number of nitrogens with zero attached hydrogens (tertiary/aromatic N) is 3. The van der Waals surface area contributed by atoms with Crippen molar-refractivity contribution in [3.63, 3.8) is 0 Å². The highest BCUT2D eigenvalue weighted by molar-refractivity contribution is 6.04. The number of benzene rings is 2. The molecule has 2 amide bonds. The lowest BCUT2D eigenvalue weighted by atomic mass is 10.1. The van der Waals surface area contributed by atoms with Crippen LogP contribution in [0.15, 0.2) is 47.5 Å². The van der Waals surface area contributed by atoms with Gasteiger partial charge in [-0.05, 0) is 58.4 Å². The Kier molecular flexibility index (Phi) is 5.41. The predicted octanol–water partition coefficient (Wildman–Crippen LogP) is 4.69. The number of carbonyl (C=O) groups excluding carboxylic acids is 1. The van der Waals surface area contributed by atoms with Crippen molar-refractivity contribution < 1.29 is 9.53 Å². The van der Waals surface area contributed by atoms with Crippen LogP contribution in [0.2, 0.25) is 0 Å². The number of aliphatic imine (C=N–C) groups is 1. The zero-order chi connectivity index (χ0) is 21.3. The molecule has 30 heavy (non-hydrogen) atoms. The first-order valence-corrected chi connectivity index (χ1v) is 10.6. The van der Waals surface area contributed by atoms with Crippen LogP contribution in [0.3, 0.4) is 0 Å². The maximum absolute atomic E-state index is 12.7. The minimum absolute atomic E-state index is 0.00270. The molecule has 2 aliphatic rings. The molecule has 1 saturated heterocycles. The van der Waals surface area contributed by atoms with E-state index in [2.05, 4.69) is 29.3 Å². The number of nitrogens with one attached hydrogen (secondary N) is 1. The van der Waals surface area contributed by atoms with Gasteiger partial charge in [-0.25, -0.2) is 9.79 Å². The molecule has 1 fully saturated rings. The van der Waals surface area contributed by atoms with Gasteiger partial charge in [0.05, 0.1) is 5.56 Å². The SMILES string of the molecule is Cc1ccc2c(c1)C(N1CCCN(C(=O)NC(C)(C)C)CC1)=Nc1ccccc1O2. The number of amides is 2. The fourth-order valence-corrected chi connectivity index (χ4v) is 3.81. The highest BCUT2D eigenvalue weighted by Gasteiger charge is 2.27. The van der Waals surface area contributed by atoms with Crippen molar-refractivity contribution in [3.8, 4) is 11.5 Å². The Morgan fingerprint density at radius 3 is 2.63 bits per heavy atom. The maximum Gasteiger partial charge on any atom is 0.317 e. The number of hydrogen-bond donors (Lipinski definition) is 1. The standard InChI is InChI=1S/C24H30N4O2/c1-17-10-11-20-18(16-17)22(25-19-8-5-6-9-21(19)30-20)27-12-7-13-28(15-14-27)23(29)26-24(2,3)4/h5-6,8-11,16H,7,12-15H2,1-4H3,(H,26,29). The van der Waals surface area contributed by atoms with Crippen LogP contribution in [0, 0.1) is 6.92 Å². The molecule has 0 spiro atoms. The molecule has 0 bridgehead atoms. The quantitative estimate of drug-likeness (QED) is 0.690. The van der Waals surface area contributed by atoms with E-state index in [-0.39, 0.29) is 11.6 Å². The van der Waals surface area contributed by atoms with Gasteiger partial charge in [0.2, 0.25) is 0 Å². The Labute approximate surface area is 178 Å². The molecule has 0 radical (unpaired) electrons. The lowest BCUT2D eigenvalue weighted by Gasteiger charge is -2.28. The Hall–Kier alpha value is -3.02. The second-order valence-electron chi connectivity index (χ2n) is 9.01. The van der Waals surface area contributed by atoms with Crippen LogP contribution in [0.4, 0.5) is 10.5 Å². The second-order valence-corrected chi connectivity index (χ2v) is 9.01. The van der Waals surface area contributed by atoms with Gasteiger partial charge in [-0.2, -0.15) is 0 Å². The predicted molar refractivity (Wildman–Crippen MR) is 120 cm³/mol. The summed E-state index contributed by atoms with van der Waals surface area (Å²) in [4.78, 5) is 21.9. The summed E-state index contributed by atoms with van der Waals surface area (Å²) in [7, 11) is 0. The van der Waals surface area contributed by atoms with E-state index in [9.17, 15) is 4.79 Å². The van der Waals surface area contributed by atoms with Crippen molar-refractivity contribution in [2.75, 3.05) is 26.2 Å². The number of urea groups is 1. The van der Waals surface area contributed by atoms with E-state index in [1.54, 1.807) is 0 Å². The summed E-state index contributed by atoms with van der Waals surface area (Å²) < 4.78 is 6.21. The molecule has 0 unspecified atom stereocenters. The number of aryl methyl sites for hydroxylation is 1. The van der Waals surface area contributed by atoms with Crippen LogP contribution >= 0.6 is 0 Å². The number of ether oxygens (including phenoxy) is 1. The summed E-state index contributed by atoms with van der Waals surface area (Å²) in [6.07, 6.45) is 0.889. The zero-order valence-electron chi connectivity index (χ0n) is 18.2. The van der Waals surface area contributed by atoms with Crippen molar-refractivity contribution in [1.82, 2.24) is 15.1 Å². The van der Waals surface area contributed by atoms with Crippen molar-refractivity contribution in [2.45, 2.75) is 39.7 Å². The zero-order valence-corrected chi connectivity index (χ0v) is 18.2. The van der Waals surface area contributed by atoms with Gasteiger partial charge in [0, 0.05) is 31.7 Å². The van der Waals surface area contributed by atoms with Crippen molar-refractivity contribution in [3.05, 3.63) is 53.6 Å². The van der Waals surface area contributed by atoms with Gasteiger partial charge in [-0.15, -0.1) is 0 Å². The first-order chi connectivity index (χ1) is 14.3. The Morgan fingerprint density at radius 2 is 1.83 bits per heavy atom. The van der Waals surface area contributed by atoms with Gasteiger partial charge in [-0.3, -0.25) is 0 Å². The first-order valence-electron chi connectivity index (χ1n) is 10.6. The van der Waals surface area contributed by atoms with E-state index in [1.165, 1.54) is 0 Å². The van der Waals surface area contributed by atoms with E-state index >= 15 is 0 Å². The maximum atomic E-state index is 12.7. The minimum Gasteiger partial charge on any atom is -0.454 e. The van der Waals surface area contributed by atoms with E-state index < -0.39 is 0 Å². The number of carbonyl (C=O) groups is 1. The first kappa shape index (κ1) is 20.3. The lowest BCUT2D eigenvalue weighted by molar-refractivity contribution is 0.191. The molecule has 6 nitrogen and oxygen atoms in total. The van der Waals surface area contributed by atoms with Crippen molar-refractivity contribution in [1.29, 1.82) is 0 Å². The molecule has 4 rings (SSSR count). The monoisotopic (exact) mass is 406 g/mol. The molecule has 0 saturated carbocycles. The lowest BCUT2D eigenvalue weighted by Crippen LogP contribution is -2.49. The molecule has 2 aromatic carbocycles. The smallest absolute Gasteiger partial charge is 0.317 e. The summed E-state index contributed by atoms with van der Waals surface area (Å²) in [6.45, 7) is 11.1. The molecule has 2 aromatic rings. The van der Waals surface area contributed by atoms with Crippen LogP contribution in [0.5, 0.6) is 11.5 Å². The molecule has 6 heteroatoms. The van der Waals surface area contributed by atoms with Crippen LogP contribution in [0.1, 0.15) is 38.3 Å². The van der Waals surface area contributed by atoms with Crippen molar-refractivity contribution in [2.24, 2.45) is 4.99 Å². The van der Waals surface area contributed by atoms with Crippen molar-refractivity contribution >= 4 is 17.6 Å². The van der Waals surface area contributed by atoms with Crippen LogP contribution < -0.4 is 10.1 Å². The summed E-state index contributed by atoms with van der Waals surface area (Å²) in [5.74, 6) is 2.49. The normalized spacial score (nSPS) is 16.5. The number of rotatable bonds is 0. The summed E-state index contributed by atoms with van der Waals surface area (Å²) in [5.41, 5.74) is 2.75. The van der Waals surface area contributed by atoms with Gasteiger partial charge < -0.3 is 19.9 Å². The van der Waals surface area contributed by atoms with Gasteiger partial charge in [0.15, 0.2) is 5.75 Å². The van der Waals surface area contributed by atoms with Crippen LogP contribution in [0.25, 0.3) is 0 Å². The molecule has 2 aliphatic heterocycles. The van der Waals surface area contributed by atoms with Gasteiger partial charge in [0.1, 0.15) is 17.3 Å². The number of para-hydroxylation sites is 2. The molecule has 0 aromatic heterocycles. The van der Waals surface area contributed by atoms with E-state index in [1.807, 2.05) is 56.0 Å². The highest BCUT2D eigenvalue weighted by atomic mass is 16.5. The fraction of sp³-hybridized carbons (Fsp3) is 0.417. The Morgan fingerprint density at radius 1 is 1.03 bits per heavy atom. The molecule has 0 aliphatic carbocycles. The molecular weight excluding hydrogens is 376 g/mol. The molecule has 2 heterocycles. The summed E-state index contributed by atoms with van der Waals surface area (Å²) >= 11 is 0. The molecule has 0 atom stereocenters. The molecule has 1 N–H and O–H groups in total. The Balaban J connectivity index is 1.63. The largest absolute Gasteiger partial charge is 0.454 e. The van der Waals surface area contributed by atoms with Gasteiger partial charge in [-0.1, -0.05) is 23.8 Å². The number of hydrogen-bond acceptors (Lipinski definition) is 4. The molecular formula is C24H30N4O2. The third kappa shape index (κ3) is 4.42. The van der Waals surface area contributed by atoms with Gasteiger partial charge in [0.25, 0.3) is 0 Å². The summed E-state index contributed by atoms with van der Waals surface area (Å²) in [6, 6.07) is 14.1. The van der Waals surface area contributed by atoms with Crippen LogP contribution in [-0.4, -0.2) is 53.4 Å². The fourth-order valence-electron chi connectivity index (χ4n) is 3.81.